The molecule has 11 heteroatoms. The van der Waals surface area contributed by atoms with Gasteiger partial charge in [0.05, 0.1) is 33.7 Å². The first-order chi connectivity index (χ1) is 50.5. The third-order valence-electron chi connectivity index (χ3n) is 19.2. The van der Waals surface area contributed by atoms with Crippen molar-refractivity contribution in [3.8, 4) is 108 Å². The molecule has 6 aromatic heterocycles. The van der Waals surface area contributed by atoms with E-state index in [1.165, 1.54) is 36.5 Å². The van der Waals surface area contributed by atoms with Gasteiger partial charge >= 0.3 is 0 Å². The van der Waals surface area contributed by atoms with Gasteiger partial charge in [-0.05, 0) is 126 Å². The molecule has 6 heterocycles. The zero-order chi connectivity index (χ0) is 67.6. The Labute approximate surface area is 589 Å². The fourth-order valence-corrected chi connectivity index (χ4v) is 15.5. The van der Waals surface area contributed by atoms with E-state index in [1.54, 1.807) is 0 Å². The first kappa shape index (κ1) is 59.5. The average Bonchev–Trinajstić information content (AvgIpc) is 1.59. The van der Waals surface area contributed by atoms with Gasteiger partial charge in [-0.15, -0.1) is 11.3 Å². The summed E-state index contributed by atoms with van der Waals surface area (Å²) in [6.45, 7) is 0. The fourth-order valence-electron chi connectivity index (χ4n) is 14.3. The van der Waals surface area contributed by atoms with Crippen LogP contribution in [0.5, 0.6) is 0 Å². The van der Waals surface area contributed by atoms with Gasteiger partial charge in [-0.1, -0.05) is 224 Å². The zero-order valence-electron chi connectivity index (χ0n) is 54.6. The highest BCUT2D eigenvalue weighted by Crippen LogP contribution is 2.44. The van der Waals surface area contributed by atoms with E-state index in [1.807, 2.05) is 157 Å². The molecule has 0 N–H and O–H groups in total. The van der Waals surface area contributed by atoms with Crippen LogP contribution < -0.4 is 0 Å². The van der Waals surface area contributed by atoms with Crippen molar-refractivity contribution < 1.29 is 4.42 Å². The lowest BCUT2D eigenvalue weighted by atomic mass is 10.0. The van der Waals surface area contributed by atoms with Gasteiger partial charge in [-0.3, -0.25) is 0 Å². The molecule has 20 aromatic rings. The van der Waals surface area contributed by atoms with E-state index < -0.39 is 0 Å². The molecule has 0 saturated heterocycles. The number of aromatic nitrogens is 8. The number of thiophene rings is 1. The summed E-state index contributed by atoms with van der Waals surface area (Å²) >= 11 is 1.84. The molecule has 102 heavy (non-hydrogen) atoms. The number of rotatable bonds is 10. The van der Waals surface area contributed by atoms with Gasteiger partial charge in [-0.2, -0.15) is 5.26 Å². The highest BCUT2D eigenvalue weighted by Gasteiger charge is 2.21. The molecule has 0 aliphatic carbocycles. The van der Waals surface area contributed by atoms with E-state index in [-0.39, 0.29) is 0 Å². The van der Waals surface area contributed by atoms with E-state index in [2.05, 4.69) is 203 Å². The Morgan fingerprint density at radius 3 is 1.17 bits per heavy atom. The Hall–Kier alpha value is -13.8. The standard InChI is InChI=1S/C46H27N5S.C45H28N4O/c47-28-29-18-24-40-38(26-29)39-27-33(35-15-9-16-37-36-14-7-8-17-42(36)52-43(35)37)21-25-41(39)51(40)34-22-19-32(20-23-34)46-49-44(30-10-3-1-4-11-30)48-45(50-46)31-12-5-2-6-13-31;1-3-12-29(13-4-1)43-46-44(30-14-5-2-6-15-30)48-45(47-43)31-22-25-33(26-23-31)49-39-20-9-7-16-35(39)38-28-32(24-27-40(38)49)34-18-11-19-37-36-17-8-10-21-41(36)50-42(34)37/h1-27H;1-28H. The molecule has 0 saturated carbocycles. The summed E-state index contributed by atoms with van der Waals surface area (Å²) < 4.78 is 13.6. The van der Waals surface area contributed by atoms with Crippen molar-refractivity contribution in [2.24, 2.45) is 0 Å². The molecule has 0 radical (unpaired) electrons. The normalized spacial score (nSPS) is 11.5. The van der Waals surface area contributed by atoms with Gasteiger partial charge in [0.15, 0.2) is 34.9 Å². The minimum Gasteiger partial charge on any atom is -0.455 e. The largest absolute Gasteiger partial charge is 0.455 e. The van der Waals surface area contributed by atoms with Crippen molar-refractivity contribution in [3.63, 3.8) is 0 Å². The predicted molar refractivity (Wildman–Crippen MR) is 417 cm³/mol. The fraction of sp³-hybridized carbons (Fsp3) is 0. The Kier molecular flexibility index (Phi) is 14.5. The predicted octanol–water partition coefficient (Wildman–Crippen LogP) is 23.4. The summed E-state index contributed by atoms with van der Waals surface area (Å²) in [5, 5.41) is 19.2. The quantitative estimate of drug-likeness (QED) is 0.133. The summed E-state index contributed by atoms with van der Waals surface area (Å²) in [5.74, 6) is 3.80. The number of hydrogen-bond donors (Lipinski definition) is 0. The first-order valence-electron chi connectivity index (χ1n) is 33.8. The van der Waals surface area contributed by atoms with Gasteiger partial charge < -0.3 is 13.6 Å². The minimum atomic E-state index is 0.611. The van der Waals surface area contributed by atoms with Crippen molar-refractivity contribution in [2.45, 2.75) is 0 Å². The third kappa shape index (κ3) is 10.5. The van der Waals surface area contributed by atoms with Gasteiger partial charge in [0.2, 0.25) is 0 Å². The van der Waals surface area contributed by atoms with E-state index in [4.69, 9.17) is 34.3 Å². The molecule has 476 valence electrons. The monoisotopic (exact) mass is 1320 g/mol. The summed E-state index contributed by atoms with van der Waals surface area (Å²) in [7, 11) is 0. The van der Waals surface area contributed by atoms with E-state index in [0.717, 1.165) is 116 Å². The van der Waals surface area contributed by atoms with Crippen molar-refractivity contribution in [1.82, 2.24) is 39.0 Å². The number of furan rings is 1. The van der Waals surface area contributed by atoms with Crippen LogP contribution in [-0.2, 0) is 0 Å². The molecule has 0 aliphatic rings. The SMILES string of the molecule is N#Cc1ccc2c(c1)c1cc(-c3cccc4c3sc3ccccc34)ccc1n2-c1ccc(-c2nc(-c3ccccc3)nc(-c3ccccc3)n2)cc1.c1ccc(-c2nc(-c3ccccc3)nc(-c3ccc(-n4c5ccccc5c5cc(-c6cccc7c6oc6ccccc67)ccc54)cc3)n2)cc1. The smallest absolute Gasteiger partial charge is 0.164 e. The Morgan fingerprint density at radius 2 is 0.647 bits per heavy atom. The van der Waals surface area contributed by atoms with Gasteiger partial charge in [0, 0.05) is 103 Å². The summed E-state index contributed by atoms with van der Waals surface area (Å²) in [4.78, 5) is 29.4. The lowest BCUT2D eigenvalue weighted by molar-refractivity contribution is 0.670. The highest BCUT2D eigenvalue weighted by molar-refractivity contribution is 7.26. The van der Waals surface area contributed by atoms with Crippen molar-refractivity contribution in [2.75, 3.05) is 0 Å². The maximum Gasteiger partial charge on any atom is 0.164 e. The van der Waals surface area contributed by atoms with E-state index in [0.29, 0.717) is 40.5 Å². The number of benzene rings is 14. The Bertz CT molecular complexity index is 6560. The lowest BCUT2D eigenvalue weighted by Crippen LogP contribution is -2.00. The zero-order valence-corrected chi connectivity index (χ0v) is 55.4. The maximum absolute atomic E-state index is 9.86. The molecule has 0 spiro atoms. The topological polar surface area (TPSA) is 124 Å². The second-order valence-corrected chi connectivity index (χ2v) is 26.3. The number of nitrogens with zero attached hydrogens (tertiary/aromatic N) is 9. The Balaban J connectivity index is 0.000000141. The van der Waals surface area contributed by atoms with Crippen LogP contribution in [0.4, 0.5) is 0 Å². The molecular weight excluding hydrogens is 1270 g/mol. The molecule has 20 rings (SSSR count). The molecule has 0 atom stereocenters. The number of nitriles is 1. The molecule has 0 fully saturated rings. The van der Waals surface area contributed by atoms with Crippen LogP contribution >= 0.6 is 11.3 Å². The number of fused-ring (bicyclic) bond motifs is 12. The second-order valence-electron chi connectivity index (χ2n) is 25.2. The minimum absolute atomic E-state index is 0.611. The van der Waals surface area contributed by atoms with Crippen molar-refractivity contribution in [3.05, 3.63) is 339 Å². The van der Waals surface area contributed by atoms with Crippen LogP contribution in [-0.4, -0.2) is 39.0 Å². The van der Waals surface area contributed by atoms with Crippen LogP contribution in [0.2, 0.25) is 0 Å². The Morgan fingerprint density at radius 1 is 0.275 bits per heavy atom. The van der Waals surface area contributed by atoms with Gasteiger partial charge in [0.1, 0.15) is 11.2 Å². The molecule has 10 nitrogen and oxygen atoms in total. The van der Waals surface area contributed by atoms with Gasteiger partial charge in [0.25, 0.3) is 0 Å². The van der Waals surface area contributed by atoms with E-state index in [9.17, 15) is 5.26 Å². The summed E-state index contributed by atoms with van der Waals surface area (Å²) in [6.07, 6.45) is 0. The summed E-state index contributed by atoms with van der Waals surface area (Å²) in [6, 6.07) is 117. The molecular formula is C91H55N9OS. The van der Waals surface area contributed by atoms with Crippen LogP contribution in [0.15, 0.2) is 338 Å². The van der Waals surface area contributed by atoms with Crippen LogP contribution in [0, 0.1) is 11.3 Å². The second kappa shape index (κ2) is 24.9. The number of para-hydroxylation sites is 3. The summed E-state index contributed by atoms with van der Waals surface area (Å²) in [5.41, 5.74) is 19.1. The first-order valence-corrected chi connectivity index (χ1v) is 34.6. The van der Waals surface area contributed by atoms with Crippen molar-refractivity contribution >= 4 is 97.1 Å². The average molecular weight is 1320 g/mol. The molecule has 14 aromatic carbocycles. The molecule has 0 aliphatic heterocycles. The molecule has 0 bridgehead atoms. The van der Waals surface area contributed by atoms with Crippen LogP contribution in [0.1, 0.15) is 5.56 Å². The molecule has 0 unspecified atom stereocenters. The van der Waals surface area contributed by atoms with Gasteiger partial charge in [-0.25, -0.2) is 29.9 Å². The molecule has 0 amide bonds. The lowest BCUT2D eigenvalue weighted by Gasteiger charge is -2.11. The maximum atomic E-state index is 9.86. The van der Waals surface area contributed by atoms with Crippen LogP contribution in [0.25, 0.3) is 188 Å². The third-order valence-corrected chi connectivity index (χ3v) is 20.4. The van der Waals surface area contributed by atoms with Crippen LogP contribution in [0.3, 0.4) is 0 Å². The number of hydrogen-bond acceptors (Lipinski definition) is 9. The van der Waals surface area contributed by atoms with Crippen molar-refractivity contribution in [1.29, 1.82) is 5.26 Å². The van der Waals surface area contributed by atoms with E-state index >= 15 is 0 Å². The highest BCUT2D eigenvalue weighted by atomic mass is 32.1.